The van der Waals surface area contributed by atoms with Crippen molar-refractivity contribution in [2.24, 2.45) is 0 Å². The molecule has 4 rings (SSSR count). The quantitative estimate of drug-likeness (QED) is 0.550. The highest BCUT2D eigenvalue weighted by molar-refractivity contribution is 6.01. The third kappa shape index (κ3) is 3.34. The lowest BCUT2D eigenvalue weighted by atomic mass is 9.81. The minimum absolute atomic E-state index is 0.00240. The maximum absolute atomic E-state index is 12.9. The summed E-state index contributed by atoms with van der Waals surface area (Å²) < 4.78 is 6.40. The van der Waals surface area contributed by atoms with Crippen molar-refractivity contribution in [1.29, 1.82) is 0 Å². The SMILES string of the molecule is Cc1cc(C(=O)N2CCC3(CC2)CC(=O)c2ccc(C)c(C)c2O3)ccc1[N+](=O)[O-]. The molecule has 7 heteroatoms. The lowest BCUT2D eigenvalue weighted by Crippen LogP contribution is -2.52. The van der Waals surface area contributed by atoms with Crippen LogP contribution < -0.4 is 4.74 Å². The summed E-state index contributed by atoms with van der Waals surface area (Å²) in [5.74, 6) is 0.611. The van der Waals surface area contributed by atoms with E-state index in [9.17, 15) is 19.7 Å². The van der Waals surface area contributed by atoms with Gasteiger partial charge in [0.15, 0.2) is 5.78 Å². The second-order valence-electron chi connectivity index (χ2n) is 8.32. The number of piperidine rings is 1. The van der Waals surface area contributed by atoms with E-state index in [0.717, 1.165) is 11.1 Å². The van der Waals surface area contributed by atoms with Gasteiger partial charge in [-0.2, -0.15) is 0 Å². The summed E-state index contributed by atoms with van der Waals surface area (Å²) in [6, 6.07) is 8.22. The number of amides is 1. The highest BCUT2D eigenvalue weighted by Crippen LogP contribution is 2.42. The average molecular weight is 408 g/mol. The predicted molar refractivity (Wildman–Crippen MR) is 111 cm³/mol. The van der Waals surface area contributed by atoms with Crippen molar-refractivity contribution in [3.8, 4) is 5.75 Å². The Balaban J connectivity index is 1.51. The molecule has 7 nitrogen and oxygen atoms in total. The summed E-state index contributed by atoms with van der Waals surface area (Å²) in [5, 5.41) is 11.0. The van der Waals surface area contributed by atoms with Crippen molar-refractivity contribution in [2.45, 2.75) is 45.6 Å². The maximum atomic E-state index is 12.9. The van der Waals surface area contributed by atoms with Crippen LogP contribution in [0.2, 0.25) is 0 Å². The van der Waals surface area contributed by atoms with E-state index in [0.29, 0.717) is 54.8 Å². The minimum Gasteiger partial charge on any atom is -0.486 e. The summed E-state index contributed by atoms with van der Waals surface area (Å²) in [6.45, 7) is 6.54. The Hall–Kier alpha value is -3.22. The zero-order chi connectivity index (χ0) is 21.6. The Morgan fingerprint density at radius 2 is 1.80 bits per heavy atom. The number of ether oxygens (including phenoxy) is 1. The Morgan fingerprint density at radius 3 is 2.43 bits per heavy atom. The summed E-state index contributed by atoms with van der Waals surface area (Å²) in [5.41, 5.74) is 3.03. The van der Waals surface area contributed by atoms with Crippen molar-refractivity contribution >= 4 is 17.4 Å². The van der Waals surface area contributed by atoms with Crippen LogP contribution in [0.3, 0.4) is 0 Å². The van der Waals surface area contributed by atoms with Crippen LogP contribution in [0.25, 0.3) is 0 Å². The molecule has 0 bridgehead atoms. The fourth-order valence-electron chi connectivity index (χ4n) is 4.35. The number of Topliss-reactive ketones (excluding diaryl/α,β-unsaturated/α-hetero) is 1. The first-order valence-corrected chi connectivity index (χ1v) is 10.1. The van der Waals surface area contributed by atoms with Crippen molar-refractivity contribution in [1.82, 2.24) is 4.90 Å². The van der Waals surface area contributed by atoms with E-state index in [1.165, 1.54) is 12.1 Å². The average Bonchev–Trinajstić information content (AvgIpc) is 2.71. The monoisotopic (exact) mass is 408 g/mol. The molecule has 0 aromatic heterocycles. The Kier molecular flexibility index (Phi) is 4.84. The summed E-state index contributed by atoms with van der Waals surface area (Å²) >= 11 is 0. The van der Waals surface area contributed by atoms with Crippen LogP contribution >= 0.6 is 0 Å². The first-order chi connectivity index (χ1) is 14.2. The first kappa shape index (κ1) is 20.1. The minimum atomic E-state index is -0.579. The number of hydrogen-bond acceptors (Lipinski definition) is 5. The molecule has 0 radical (unpaired) electrons. The predicted octanol–water partition coefficient (Wildman–Crippen LogP) is 4.16. The molecule has 156 valence electrons. The van der Waals surface area contributed by atoms with E-state index >= 15 is 0 Å². The molecule has 30 heavy (non-hydrogen) atoms. The van der Waals surface area contributed by atoms with Crippen LogP contribution in [0, 0.1) is 30.9 Å². The molecule has 2 aliphatic rings. The van der Waals surface area contributed by atoms with Crippen LogP contribution in [0.15, 0.2) is 30.3 Å². The second-order valence-corrected chi connectivity index (χ2v) is 8.32. The molecule has 2 aliphatic heterocycles. The molecule has 1 saturated heterocycles. The third-order valence-corrected chi connectivity index (χ3v) is 6.38. The zero-order valence-electron chi connectivity index (χ0n) is 17.4. The van der Waals surface area contributed by atoms with Crippen molar-refractivity contribution in [3.05, 3.63) is 68.3 Å². The Labute approximate surface area is 174 Å². The van der Waals surface area contributed by atoms with E-state index in [4.69, 9.17) is 4.74 Å². The molecular formula is C23H24N2O5. The number of rotatable bonds is 2. The molecule has 2 aromatic rings. The van der Waals surface area contributed by atoms with Crippen LogP contribution in [0.1, 0.15) is 56.7 Å². The van der Waals surface area contributed by atoms with Crippen LogP contribution in [-0.4, -0.2) is 40.2 Å². The smallest absolute Gasteiger partial charge is 0.272 e. The van der Waals surface area contributed by atoms with E-state index in [-0.39, 0.29) is 17.4 Å². The number of carbonyl (C=O) groups excluding carboxylic acids is 2. The van der Waals surface area contributed by atoms with Gasteiger partial charge in [0.05, 0.1) is 16.9 Å². The standard InChI is InChI=1S/C23H24N2O5/c1-14-4-6-18-20(26)13-23(30-21(18)16(14)3)8-10-24(11-9-23)22(27)17-5-7-19(25(28)29)15(2)12-17/h4-7,12H,8-11,13H2,1-3H3. The van der Waals surface area contributed by atoms with Crippen LogP contribution in [0.5, 0.6) is 5.75 Å². The van der Waals surface area contributed by atoms with Gasteiger partial charge in [0, 0.05) is 43.1 Å². The molecule has 0 unspecified atom stereocenters. The highest BCUT2D eigenvalue weighted by Gasteiger charge is 2.44. The number of hydrogen-bond donors (Lipinski definition) is 0. The van der Waals surface area contributed by atoms with Gasteiger partial charge in [-0.3, -0.25) is 19.7 Å². The summed E-state index contributed by atoms with van der Waals surface area (Å²) in [4.78, 5) is 38.0. The number of likely N-dealkylation sites (tertiary alicyclic amines) is 1. The molecule has 2 heterocycles. The Morgan fingerprint density at radius 1 is 1.10 bits per heavy atom. The van der Waals surface area contributed by atoms with Gasteiger partial charge in [0.25, 0.3) is 11.6 Å². The van der Waals surface area contributed by atoms with E-state index in [2.05, 4.69) is 0 Å². The molecule has 0 N–H and O–H groups in total. The van der Waals surface area contributed by atoms with Crippen molar-refractivity contribution in [2.75, 3.05) is 13.1 Å². The number of carbonyl (C=O) groups is 2. The topological polar surface area (TPSA) is 89.8 Å². The van der Waals surface area contributed by atoms with Gasteiger partial charge in [-0.05, 0) is 50.1 Å². The third-order valence-electron chi connectivity index (χ3n) is 6.38. The number of nitro groups is 1. The van der Waals surface area contributed by atoms with Crippen LogP contribution in [-0.2, 0) is 0 Å². The van der Waals surface area contributed by atoms with Gasteiger partial charge in [-0.15, -0.1) is 0 Å². The van der Waals surface area contributed by atoms with Gasteiger partial charge >= 0.3 is 0 Å². The summed E-state index contributed by atoms with van der Waals surface area (Å²) in [7, 11) is 0. The number of nitrogens with zero attached hydrogens (tertiary/aromatic N) is 2. The molecule has 1 fully saturated rings. The fourth-order valence-corrected chi connectivity index (χ4v) is 4.35. The lowest BCUT2D eigenvalue weighted by Gasteiger charge is -2.44. The van der Waals surface area contributed by atoms with Crippen molar-refractivity contribution in [3.63, 3.8) is 0 Å². The van der Waals surface area contributed by atoms with Gasteiger partial charge in [0.2, 0.25) is 0 Å². The molecule has 0 atom stereocenters. The number of ketones is 1. The number of nitro benzene ring substituents is 1. The number of benzene rings is 2. The van der Waals surface area contributed by atoms with Crippen LogP contribution in [0.4, 0.5) is 5.69 Å². The molecule has 0 aliphatic carbocycles. The second kappa shape index (κ2) is 7.23. The lowest BCUT2D eigenvalue weighted by molar-refractivity contribution is -0.385. The van der Waals surface area contributed by atoms with E-state index < -0.39 is 10.5 Å². The normalized spacial score (nSPS) is 17.4. The van der Waals surface area contributed by atoms with Gasteiger partial charge in [-0.1, -0.05) is 6.07 Å². The Bertz CT molecular complexity index is 1070. The van der Waals surface area contributed by atoms with Crippen molar-refractivity contribution < 1.29 is 19.2 Å². The first-order valence-electron chi connectivity index (χ1n) is 10.1. The molecule has 2 aromatic carbocycles. The van der Waals surface area contributed by atoms with E-state index in [1.54, 1.807) is 17.9 Å². The van der Waals surface area contributed by atoms with Gasteiger partial charge in [-0.25, -0.2) is 0 Å². The largest absolute Gasteiger partial charge is 0.486 e. The van der Waals surface area contributed by atoms with Gasteiger partial charge < -0.3 is 9.64 Å². The fraction of sp³-hybridized carbons (Fsp3) is 0.391. The highest BCUT2D eigenvalue weighted by atomic mass is 16.6. The maximum Gasteiger partial charge on any atom is 0.272 e. The molecule has 1 spiro atoms. The molecular weight excluding hydrogens is 384 g/mol. The number of fused-ring (bicyclic) bond motifs is 1. The zero-order valence-corrected chi connectivity index (χ0v) is 17.4. The van der Waals surface area contributed by atoms with E-state index in [1.807, 2.05) is 26.0 Å². The molecule has 1 amide bonds. The number of aryl methyl sites for hydroxylation is 2. The summed E-state index contributed by atoms with van der Waals surface area (Å²) in [6.07, 6.45) is 1.47. The van der Waals surface area contributed by atoms with Gasteiger partial charge in [0.1, 0.15) is 11.4 Å². The molecule has 0 saturated carbocycles.